The van der Waals surface area contributed by atoms with Crippen LogP contribution < -0.4 is 15.1 Å². The summed E-state index contributed by atoms with van der Waals surface area (Å²) in [5, 5.41) is 3.27. The lowest BCUT2D eigenvalue weighted by molar-refractivity contribution is 0.653. The third-order valence-corrected chi connectivity index (χ3v) is 3.87. The smallest absolute Gasteiger partial charge is 0.127 e. The lowest BCUT2D eigenvalue weighted by Gasteiger charge is -2.37. The van der Waals surface area contributed by atoms with Crippen molar-refractivity contribution in [2.24, 2.45) is 0 Å². The van der Waals surface area contributed by atoms with Crippen molar-refractivity contribution in [2.75, 3.05) is 47.8 Å². The molecule has 4 heteroatoms. The molecule has 110 valence electrons. The normalized spacial score (nSPS) is 15.1. The monoisotopic (exact) mass is 282 g/mol. The first-order valence-electron chi connectivity index (χ1n) is 7.61. The van der Waals surface area contributed by atoms with Gasteiger partial charge in [0.2, 0.25) is 0 Å². The van der Waals surface area contributed by atoms with E-state index in [1.165, 1.54) is 11.4 Å². The number of pyridine rings is 1. The molecule has 1 aliphatic heterocycles. The van der Waals surface area contributed by atoms with E-state index in [-0.39, 0.29) is 0 Å². The summed E-state index contributed by atoms with van der Waals surface area (Å²) >= 11 is 0. The Balaban J connectivity index is 1.64. The van der Waals surface area contributed by atoms with Gasteiger partial charge in [0.25, 0.3) is 0 Å². The Labute approximate surface area is 126 Å². The molecule has 0 spiro atoms. The van der Waals surface area contributed by atoms with E-state index in [9.17, 15) is 0 Å². The number of hydrogen-bond donors (Lipinski definition) is 1. The van der Waals surface area contributed by atoms with Crippen LogP contribution in [0.1, 0.15) is 6.92 Å². The van der Waals surface area contributed by atoms with Crippen LogP contribution >= 0.6 is 0 Å². The van der Waals surface area contributed by atoms with E-state index < -0.39 is 0 Å². The van der Waals surface area contributed by atoms with Gasteiger partial charge in [-0.2, -0.15) is 0 Å². The highest BCUT2D eigenvalue weighted by Gasteiger charge is 2.17. The van der Waals surface area contributed by atoms with Gasteiger partial charge in [-0.3, -0.25) is 0 Å². The summed E-state index contributed by atoms with van der Waals surface area (Å²) in [7, 11) is 0. The van der Waals surface area contributed by atoms with Crippen molar-refractivity contribution in [1.29, 1.82) is 0 Å². The molecular formula is C17H22N4. The summed E-state index contributed by atoms with van der Waals surface area (Å²) in [4.78, 5) is 9.22. The van der Waals surface area contributed by atoms with Crippen LogP contribution in [0.3, 0.4) is 0 Å². The molecule has 4 nitrogen and oxygen atoms in total. The number of piperazine rings is 1. The standard InChI is InChI=1S/C17H22N4/c1-2-18-17-14-16(8-9-19-17)21-12-10-20(11-13-21)15-6-4-3-5-7-15/h3-9,14H,2,10-13H2,1H3,(H,18,19). The predicted molar refractivity (Wildman–Crippen MR) is 89.3 cm³/mol. The van der Waals surface area contributed by atoms with Gasteiger partial charge in [-0.15, -0.1) is 0 Å². The Kier molecular flexibility index (Phi) is 4.24. The van der Waals surface area contributed by atoms with Crippen molar-refractivity contribution in [3.63, 3.8) is 0 Å². The van der Waals surface area contributed by atoms with Gasteiger partial charge >= 0.3 is 0 Å². The fourth-order valence-corrected chi connectivity index (χ4v) is 2.76. The zero-order valence-corrected chi connectivity index (χ0v) is 12.5. The average molecular weight is 282 g/mol. The Morgan fingerprint density at radius 2 is 1.62 bits per heavy atom. The number of rotatable bonds is 4. The zero-order valence-electron chi connectivity index (χ0n) is 12.5. The lowest BCUT2D eigenvalue weighted by atomic mass is 10.2. The van der Waals surface area contributed by atoms with Gasteiger partial charge in [0.1, 0.15) is 5.82 Å². The number of nitrogens with zero attached hydrogens (tertiary/aromatic N) is 3. The third-order valence-electron chi connectivity index (χ3n) is 3.87. The number of benzene rings is 1. The van der Waals surface area contributed by atoms with Crippen LogP contribution in [0.15, 0.2) is 48.7 Å². The van der Waals surface area contributed by atoms with Crippen LogP contribution in [0.5, 0.6) is 0 Å². The van der Waals surface area contributed by atoms with Crippen molar-refractivity contribution in [3.05, 3.63) is 48.7 Å². The highest BCUT2D eigenvalue weighted by atomic mass is 15.3. The molecule has 0 radical (unpaired) electrons. The van der Waals surface area contributed by atoms with E-state index in [1.807, 2.05) is 6.20 Å². The second kappa shape index (κ2) is 6.48. The number of aromatic nitrogens is 1. The maximum absolute atomic E-state index is 4.34. The van der Waals surface area contributed by atoms with Crippen molar-refractivity contribution in [2.45, 2.75) is 6.92 Å². The van der Waals surface area contributed by atoms with Crippen LogP contribution in [0.25, 0.3) is 0 Å². The summed E-state index contributed by atoms with van der Waals surface area (Å²) in [6.45, 7) is 7.20. The Morgan fingerprint density at radius 1 is 0.952 bits per heavy atom. The quantitative estimate of drug-likeness (QED) is 0.934. The van der Waals surface area contributed by atoms with Crippen LogP contribution in [-0.2, 0) is 0 Å². The molecule has 0 amide bonds. The summed E-state index contributed by atoms with van der Waals surface area (Å²) in [5.74, 6) is 0.959. The molecule has 0 saturated carbocycles. The van der Waals surface area contributed by atoms with Gasteiger partial charge in [-0.1, -0.05) is 18.2 Å². The van der Waals surface area contributed by atoms with E-state index >= 15 is 0 Å². The average Bonchev–Trinajstić information content (AvgIpc) is 2.56. The molecule has 0 aliphatic carbocycles. The molecule has 1 N–H and O–H groups in total. The van der Waals surface area contributed by atoms with Crippen LogP contribution in [0, 0.1) is 0 Å². The first kappa shape index (κ1) is 13.7. The molecular weight excluding hydrogens is 260 g/mol. The summed E-state index contributed by atoms with van der Waals surface area (Å²) < 4.78 is 0. The maximum Gasteiger partial charge on any atom is 0.127 e. The third kappa shape index (κ3) is 3.27. The number of para-hydroxylation sites is 1. The van der Waals surface area contributed by atoms with E-state index in [4.69, 9.17) is 0 Å². The first-order chi connectivity index (χ1) is 10.4. The van der Waals surface area contributed by atoms with Crippen molar-refractivity contribution in [1.82, 2.24) is 4.98 Å². The number of anilines is 3. The maximum atomic E-state index is 4.34. The minimum Gasteiger partial charge on any atom is -0.370 e. The fraction of sp³-hybridized carbons (Fsp3) is 0.353. The molecule has 1 saturated heterocycles. The second-order valence-electron chi connectivity index (χ2n) is 5.24. The highest BCUT2D eigenvalue weighted by Crippen LogP contribution is 2.21. The van der Waals surface area contributed by atoms with Crippen molar-refractivity contribution < 1.29 is 0 Å². The minimum atomic E-state index is 0.901. The van der Waals surface area contributed by atoms with Gasteiger partial charge in [0.15, 0.2) is 0 Å². The van der Waals surface area contributed by atoms with Crippen LogP contribution in [0.4, 0.5) is 17.2 Å². The summed E-state index contributed by atoms with van der Waals surface area (Å²) in [6.07, 6.45) is 1.89. The molecule has 3 rings (SSSR count). The molecule has 0 bridgehead atoms. The van der Waals surface area contributed by atoms with E-state index in [0.717, 1.165) is 38.5 Å². The van der Waals surface area contributed by atoms with Crippen LogP contribution in [0.2, 0.25) is 0 Å². The van der Waals surface area contributed by atoms with Crippen LogP contribution in [-0.4, -0.2) is 37.7 Å². The molecule has 0 unspecified atom stereocenters. The molecule has 2 heterocycles. The van der Waals surface area contributed by atoms with Gasteiger partial charge < -0.3 is 15.1 Å². The Bertz CT molecular complexity index is 562. The Morgan fingerprint density at radius 3 is 2.29 bits per heavy atom. The van der Waals surface area contributed by atoms with Gasteiger partial charge in [-0.25, -0.2) is 4.98 Å². The summed E-state index contributed by atoms with van der Waals surface area (Å²) in [5.41, 5.74) is 2.58. The van der Waals surface area contributed by atoms with Crippen molar-refractivity contribution >= 4 is 17.2 Å². The number of hydrogen-bond acceptors (Lipinski definition) is 4. The minimum absolute atomic E-state index is 0.901. The van der Waals surface area contributed by atoms with Crippen molar-refractivity contribution in [3.8, 4) is 0 Å². The molecule has 0 atom stereocenters. The van der Waals surface area contributed by atoms with E-state index in [0.29, 0.717) is 0 Å². The zero-order chi connectivity index (χ0) is 14.5. The highest BCUT2D eigenvalue weighted by molar-refractivity contribution is 5.56. The molecule has 2 aromatic rings. The van der Waals surface area contributed by atoms with Gasteiger partial charge in [0.05, 0.1) is 0 Å². The fourth-order valence-electron chi connectivity index (χ4n) is 2.76. The summed E-state index contributed by atoms with van der Waals surface area (Å²) in [6, 6.07) is 14.9. The number of nitrogens with one attached hydrogen (secondary N) is 1. The lowest BCUT2D eigenvalue weighted by Crippen LogP contribution is -2.46. The van der Waals surface area contributed by atoms with E-state index in [2.05, 4.69) is 69.5 Å². The first-order valence-corrected chi connectivity index (χ1v) is 7.61. The molecule has 1 fully saturated rings. The predicted octanol–water partition coefficient (Wildman–Crippen LogP) is 2.84. The van der Waals surface area contributed by atoms with E-state index in [1.54, 1.807) is 0 Å². The molecule has 1 aromatic carbocycles. The molecule has 1 aromatic heterocycles. The molecule has 1 aliphatic rings. The topological polar surface area (TPSA) is 31.4 Å². The molecule has 21 heavy (non-hydrogen) atoms. The largest absolute Gasteiger partial charge is 0.370 e. The second-order valence-corrected chi connectivity index (χ2v) is 5.24. The van der Waals surface area contributed by atoms with Gasteiger partial charge in [-0.05, 0) is 25.1 Å². The SMILES string of the molecule is CCNc1cc(N2CCN(c3ccccc3)CC2)ccn1. The Hall–Kier alpha value is -2.23. The van der Waals surface area contributed by atoms with Gasteiger partial charge in [0, 0.05) is 56.4 Å².